The Kier molecular flexibility index (Phi) is 5.59. The van der Waals surface area contributed by atoms with Crippen molar-refractivity contribution in [3.8, 4) is 0 Å². The molecule has 2 N–H and O–H groups in total. The number of nitrogens with zero attached hydrogens (tertiary/aromatic N) is 1. The molecule has 1 heterocycles. The van der Waals surface area contributed by atoms with Crippen LogP contribution >= 0.6 is 0 Å². The summed E-state index contributed by atoms with van der Waals surface area (Å²) >= 11 is 0. The fourth-order valence-electron chi connectivity index (χ4n) is 1.46. The van der Waals surface area contributed by atoms with Gasteiger partial charge in [0.2, 0.25) is 0 Å². The number of nitrogens with one attached hydrogen (secondary N) is 2. The van der Waals surface area contributed by atoms with Crippen molar-refractivity contribution in [2.75, 3.05) is 24.2 Å². The molecule has 0 saturated carbocycles. The molecular formula is C12H21N3. The zero-order valence-electron chi connectivity index (χ0n) is 9.71. The van der Waals surface area contributed by atoms with E-state index in [-0.39, 0.29) is 0 Å². The predicted molar refractivity (Wildman–Crippen MR) is 66.4 cm³/mol. The van der Waals surface area contributed by atoms with Gasteiger partial charge in [-0.15, -0.1) is 0 Å². The van der Waals surface area contributed by atoms with E-state index in [9.17, 15) is 0 Å². The number of unbranched alkanes of at least 4 members (excludes halogenated alkanes) is 3. The molecule has 1 aromatic rings. The van der Waals surface area contributed by atoms with Crippen LogP contribution in [0.4, 0.5) is 11.5 Å². The molecule has 1 aromatic heterocycles. The Morgan fingerprint density at radius 1 is 1.27 bits per heavy atom. The molecule has 0 aliphatic heterocycles. The van der Waals surface area contributed by atoms with Gasteiger partial charge >= 0.3 is 0 Å². The fraction of sp³-hybridized carbons (Fsp3) is 0.583. The molecule has 0 bridgehead atoms. The Morgan fingerprint density at radius 3 is 2.87 bits per heavy atom. The first kappa shape index (κ1) is 11.8. The monoisotopic (exact) mass is 207 g/mol. The van der Waals surface area contributed by atoms with Gasteiger partial charge in [0, 0.05) is 31.5 Å². The van der Waals surface area contributed by atoms with Gasteiger partial charge in [-0.25, -0.2) is 4.98 Å². The van der Waals surface area contributed by atoms with Gasteiger partial charge in [-0.05, 0) is 12.5 Å². The van der Waals surface area contributed by atoms with E-state index in [0.717, 1.165) is 18.1 Å². The number of pyridine rings is 1. The largest absolute Gasteiger partial charge is 0.385 e. The maximum absolute atomic E-state index is 4.16. The van der Waals surface area contributed by atoms with Gasteiger partial charge in [-0.1, -0.05) is 26.2 Å². The maximum atomic E-state index is 4.16. The standard InChI is InChI=1S/C12H21N3/c1-3-4-5-6-8-14-11-7-9-15-12(10-11)13-2/h7,9-10H,3-6,8H2,1-2H3,(H2,13,14,15). The zero-order valence-corrected chi connectivity index (χ0v) is 9.71. The van der Waals surface area contributed by atoms with E-state index in [1.807, 2.05) is 25.4 Å². The third-order valence-corrected chi connectivity index (χ3v) is 2.38. The number of anilines is 2. The number of aromatic nitrogens is 1. The van der Waals surface area contributed by atoms with E-state index in [4.69, 9.17) is 0 Å². The first-order valence-electron chi connectivity index (χ1n) is 5.74. The highest BCUT2D eigenvalue weighted by atomic mass is 15.0. The molecule has 15 heavy (non-hydrogen) atoms. The lowest BCUT2D eigenvalue weighted by Gasteiger charge is -2.07. The second-order valence-corrected chi connectivity index (χ2v) is 3.67. The minimum atomic E-state index is 0.911. The number of hydrogen-bond donors (Lipinski definition) is 2. The van der Waals surface area contributed by atoms with Gasteiger partial charge < -0.3 is 10.6 Å². The van der Waals surface area contributed by atoms with Crippen molar-refractivity contribution in [3.63, 3.8) is 0 Å². The Hall–Kier alpha value is -1.25. The second kappa shape index (κ2) is 7.10. The van der Waals surface area contributed by atoms with Gasteiger partial charge in [-0.3, -0.25) is 0 Å². The average Bonchev–Trinajstić information content (AvgIpc) is 2.29. The molecule has 84 valence electrons. The van der Waals surface area contributed by atoms with Crippen LogP contribution in [-0.4, -0.2) is 18.6 Å². The van der Waals surface area contributed by atoms with Crippen molar-refractivity contribution in [2.24, 2.45) is 0 Å². The van der Waals surface area contributed by atoms with Crippen molar-refractivity contribution in [1.82, 2.24) is 4.98 Å². The molecule has 0 atom stereocenters. The first-order valence-corrected chi connectivity index (χ1v) is 5.74. The van der Waals surface area contributed by atoms with Gasteiger partial charge in [-0.2, -0.15) is 0 Å². The molecule has 0 amide bonds. The molecule has 0 spiro atoms. The summed E-state index contributed by atoms with van der Waals surface area (Å²) < 4.78 is 0. The Morgan fingerprint density at radius 2 is 2.13 bits per heavy atom. The maximum Gasteiger partial charge on any atom is 0.127 e. The lowest BCUT2D eigenvalue weighted by molar-refractivity contribution is 0.685. The Bertz CT molecular complexity index is 273. The van der Waals surface area contributed by atoms with Crippen LogP contribution in [0.2, 0.25) is 0 Å². The number of hydrogen-bond acceptors (Lipinski definition) is 3. The van der Waals surface area contributed by atoms with Crippen molar-refractivity contribution in [3.05, 3.63) is 18.3 Å². The molecule has 0 aliphatic carbocycles. The van der Waals surface area contributed by atoms with Crippen molar-refractivity contribution < 1.29 is 0 Å². The smallest absolute Gasteiger partial charge is 0.127 e. The topological polar surface area (TPSA) is 37.0 Å². The number of rotatable bonds is 7. The molecule has 0 radical (unpaired) electrons. The quantitative estimate of drug-likeness (QED) is 0.674. The molecule has 0 unspecified atom stereocenters. The Balaban J connectivity index is 2.24. The highest BCUT2D eigenvalue weighted by Gasteiger charge is 1.94. The summed E-state index contributed by atoms with van der Waals surface area (Å²) in [6.45, 7) is 3.28. The molecular weight excluding hydrogens is 186 g/mol. The van der Waals surface area contributed by atoms with Crippen molar-refractivity contribution in [2.45, 2.75) is 32.6 Å². The summed E-state index contributed by atoms with van der Waals surface area (Å²) in [7, 11) is 1.88. The van der Waals surface area contributed by atoms with Crippen LogP contribution in [0.1, 0.15) is 32.6 Å². The summed E-state index contributed by atoms with van der Waals surface area (Å²) in [5.74, 6) is 0.911. The normalized spacial score (nSPS) is 10.0. The van der Waals surface area contributed by atoms with Gasteiger partial charge in [0.15, 0.2) is 0 Å². The predicted octanol–water partition coefficient (Wildman–Crippen LogP) is 3.12. The van der Waals surface area contributed by atoms with Crippen molar-refractivity contribution >= 4 is 11.5 Å². The van der Waals surface area contributed by atoms with Crippen LogP contribution in [0.5, 0.6) is 0 Å². The lowest BCUT2D eigenvalue weighted by atomic mass is 10.2. The Labute approximate surface area is 92.3 Å². The van der Waals surface area contributed by atoms with Gasteiger partial charge in [0.1, 0.15) is 5.82 Å². The molecule has 0 saturated heterocycles. The summed E-state index contributed by atoms with van der Waals surface area (Å²) in [5.41, 5.74) is 1.14. The third-order valence-electron chi connectivity index (χ3n) is 2.38. The first-order chi connectivity index (χ1) is 7.36. The summed E-state index contributed by atoms with van der Waals surface area (Å²) in [6.07, 6.45) is 7.00. The third kappa shape index (κ3) is 4.68. The fourth-order valence-corrected chi connectivity index (χ4v) is 1.46. The molecule has 0 fully saturated rings. The highest BCUT2D eigenvalue weighted by Crippen LogP contribution is 2.11. The lowest BCUT2D eigenvalue weighted by Crippen LogP contribution is -2.02. The minimum absolute atomic E-state index is 0.911. The van der Waals surface area contributed by atoms with E-state index in [2.05, 4.69) is 22.5 Å². The van der Waals surface area contributed by atoms with Crippen LogP contribution in [-0.2, 0) is 0 Å². The SMILES string of the molecule is CCCCCCNc1ccnc(NC)c1. The van der Waals surface area contributed by atoms with E-state index in [1.165, 1.54) is 25.7 Å². The minimum Gasteiger partial charge on any atom is -0.385 e. The van der Waals surface area contributed by atoms with Crippen LogP contribution in [0.15, 0.2) is 18.3 Å². The van der Waals surface area contributed by atoms with Gasteiger partial charge in [0.05, 0.1) is 0 Å². The van der Waals surface area contributed by atoms with Gasteiger partial charge in [0.25, 0.3) is 0 Å². The summed E-state index contributed by atoms with van der Waals surface area (Å²) in [4.78, 5) is 4.16. The van der Waals surface area contributed by atoms with E-state index in [0.29, 0.717) is 0 Å². The average molecular weight is 207 g/mol. The summed E-state index contributed by atoms with van der Waals surface area (Å²) in [6, 6.07) is 4.03. The highest BCUT2D eigenvalue weighted by molar-refractivity contribution is 5.51. The zero-order chi connectivity index (χ0) is 10.9. The van der Waals surface area contributed by atoms with Crippen LogP contribution < -0.4 is 10.6 Å². The second-order valence-electron chi connectivity index (χ2n) is 3.67. The van der Waals surface area contributed by atoms with E-state index < -0.39 is 0 Å². The molecule has 0 aromatic carbocycles. The van der Waals surface area contributed by atoms with Crippen LogP contribution in [0.3, 0.4) is 0 Å². The van der Waals surface area contributed by atoms with E-state index >= 15 is 0 Å². The molecule has 1 rings (SSSR count). The van der Waals surface area contributed by atoms with Crippen LogP contribution in [0.25, 0.3) is 0 Å². The van der Waals surface area contributed by atoms with Crippen molar-refractivity contribution in [1.29, 1.82) is 0 Å². The molecule has 3 heteroatoms. The molecule has 0 aliphatic rings. The molecule has 3 nitrogen and oxygen atoms in total. The summed E-state index contributed by atoms with van der Waals surface area (Å²) in [5, 5.41) is 6.43. The van der Waals surface area contributed by atoms with E-state index in [1.54, 1.807) is 0 Å². The van der Waals surface area contributed by atoms with Crippen LogP contribution in [0, 0.1) is 0 Å².